The molecular formula is C4H5F3Te+. The summed E-state index contributed by atoms with van der Waals surface area (Å²) in [7, 11) is 0. The zero-order valence-corrected chi connectivity index (χ0v) is 6.36. The average Bonchev–Trinajstić information content (AvgIpc) is 1.59. The summed E-state index contributed by atoms with van der Waals surface area (Å²) in [6, 6.07) is 0. The molecular weight excluding hydrogens is 233 g/mol. The molecule has 0 N–H and O–H groups in total. The Morgan fingerprint density at radius 2 is 2.00 bits per heavy atom. The van der Waals surface area contributed by atoms with E-state index in [0.717, 1.165) is 0 Å². The molecule has 0 rings (SSSR count). The van der Waals surface area contributed by atoms with Crippen molar-refractivity contribution in [1.29, 1.82) is 0 Å². The fourth-order valence-electron chi connectivity index (χ4n) is 0.153. The summed E-state index contributed by atoms with van der Waals surface area (Å²) in [5, 5.41) is 0. The Labute approximate surface area is 55.8 Å². The predicted octanol–water partition coefficient (Wildman–Crippen LogP) is 1.81. The molecule has 0 nitrogen and oxygen atoms in total. The molecule has 0 aromatic rings. The van der Waals surface area contributed by atoms with E-state index in [9.17, 15) is 13.2 Å². The second kappa shape index (κ2) is 3.37. The summed E-state index contributed by atoms with van der Waals surface area (Å²) in [4.78, 5) is 0. The van der Waals surface area contributed by atoms with Crippen LogP contribution in [0, 0.1) is 0 Å². The van der Waals surface area contributed by atoms with E-state index >= 15 is 0 Å². The van der Waals surface area contributed by atoms with Gasteiger partial charge in [-0.25, -0.2) is 0 Å². The van der Waals surface area contributed by atoms with Gasteiger partial charge in [-0.1, -0.05) is 0 Å². The van der Waals surface area contributed by atoms with Gasteiger partial charge in [-0.2, -0.15) is 0 Å². The third kappa shape index (κ3) is 6.32. The summed E-state index contributed by atoms with van der Waals surface area (Å²) >= 11 is -1.80. The molecule has 8 heavy (non-hydrogen) atoms. The first kappa shape index (κ1) is 8.32. The van der Waals surface area contributed by atoms with Gasteiger partial charge in [0, 0.05) is 0 Å². The van der Waals surface area contributed by atoms with Crippen molar-refractivity contribution in [3.05, 3.63) is 12.7 Å². The predicted molar refractivity (Wildman–Crippen MR) is 26.8 cm³/mol. The third-order valence-electron chi connectivity index (χ3n) is 0.365. The van der Waals surface area contributed by atoms with Crippen molar-refractivity contribution in [3.63, 3.8) is 0 Å². The standard InChI is InChI=1S/C4H5F3Te/c1-2-3-8-4(5,6)7/h2H,1,3H2/q+1. The van der Waals surface area contributed by atoms with Crippen LogP contribution in [-0.4, -0.2) is 25.1 Å². The van der Waals surface area contributed by atoms with Gasteiger partial charge in [0.15, 0.2) is 0 Å². The quantitative estimate of drug-likeness (QED) is 0.508. The van der Waals surface area contributed by atoms with Gasteiger partial charge in [-0.05, 0) is 0 Å². The first-order valence-corrected chi connectivity index (χ1v) is 4.69. The second-order valence-corrected chi connectivity index (χ2v) is 4.14. The van der Waals surface area contributed by atoms with Gasteiger partial charge < -0.3 is 0 Å². The monoisotopic (exact) mass is 240 g/mol. The Balaban J connectivity index is 3.24. The Morgan fingerprint density at radius 3 is 2.12 bits per heavy atom. The van der Waals surface area contributed by atoms with Crippen LogP contribution in [0.15, 0.2) is 12.7 Å². The number of rotatable bonds is 2. The first-order valence-electron chi connectivity index (χ1n) is 1.88. The minimum absolute atomic E-state index is 0.147. The fourth-order valence-corrected chi connectivity index (χ4v) is 1.03. The van der Waals surface area contributed by atoms with E-state index in [1.54, 1.807) is 0 Å². The van der Waals surface area contributed by atoms with Gasteiger partial charge in [0.1, 0.15) is 0 Å². The van der Waals surface area contributed by atoms with E-state index in [1.807, 2.05) is 0 Å². The number of allylic oxidation sites excluding steroid dienone is 1. The fraction of sp³-hybridized carbons (Fsp3) is 0.500. The van der Waals surface area contributed by atoms with Crippen molar-refractivity contribution in [2.45, 2.75) is 8.69 Å². The minimum atomic E-state index is -3.89. The van der Waals surface area contributed by atoms with E-state index in [-0.39, 0.29) is 4.47 Å². The molecule has 0 atom stereocenters. The van der Waals surface area contributed by atoms with Crippen LogP contribution in [0.2, 0.25) is 4.47 Å². The number of halogens is 3. The molecule has 0 aliphatic rings. The van der Waals surface area contributed by atoms with Gasteiger partial charge in [-0.15, -0.1) is 0 Å². The topological polar surface area (TPSA) is 0 Å². The molecule has 0 unspecified atom stereocenters. The van der Waals surface area contributed by atoms with Crippen LogP contribution in [0.25, 0.3) is 0 Å². The Morgan fingerprint density at radius 1 is 1.50 bits per heavy atom. The average molecular weight is 238 g/mol. The second-order valence-electron chi connectivity index (χ2n) is 1.05. The van der Waals surface area contributed by atoms with E-state index in [2.05, 4.69) is 6.58 Å². The first-order chi connectivity index (χ1) is 3.56. The van der Waals surface area contributed by atoms with E-state index in [0.29, 0.717) is 0 Å². The van der Waals surface area contributed by atoms with Crippen LogP contribution in [0.4, 0.5) is 13.2 Å². The summed E-state index contributed by atoms with van der Waals surface area (Å²) in [5.74, 6) is 0. The van der Waals surface area contributed by atoms with Crippen molar-refractivity contribution in [3.8, 4) is 0 Å². The molecule has 0 amide bonds. The molecule has 0 heterocycles. The van der Waals surface area contributed by atoms with Crippen LogP contribution in [0.3, 0.4) is 0 Å². The van der Waals surface area contributed by atoms with Crippen LogP contribution in [0.1, 0.15) is 0 Å². The molecule has 0 aliphatic carbocycles. The van der Waals surface area contributed by atoms with E-state index in [1.165, 1.54) is 6.08 Å². The SMILES string of the molecule is C=CC[Te+]C(F)(F)F. The normalized spacial score (nSPS) is 11.4. The van der Waals surface area contributed by atoms with E-state index in [4.69, 9.17) is 0 Å². The molecule has 4 heteroatoms. The van der Waals surface area contributed by atoms with Crippen molar-refractivity contribution in [2.75, 3.05) is 0 Å². The van der Waals surface area contributed by atoms with Crippen LogP contribution < -0.4 is 0 Å². The molecule has 0 fully saturated rings. The van der Waals surface area contributed by atoms with E-state index < -0.39 is 25.1 Å². The molecule has 0 spiro atoms. The van der Waals surface area contributed by atoms with Crippen LogP contribution >= 0.6 is 0 Å². The maximum atomic E-state index is 11.3. The molecule has 0 saturated carbocycles. The summed E-state index contributed by atoms with van der Waals surface area (Å²) < 4.78 is 30.0. The van der Waals surface area contributed by atoms with Gasteiger partial charge in [0.05, 0.1) is 0 Å². The molecule has 0 bridgehead atoms. The Bertz CT molecular complexity index is 75.8. The van der Waals surface area contributed by atoms with Crippen LogP contribution in [-0.2, 0) is 0 Å². The zero-order chi connectivity index (χ0) is 6.62. The third-order valence-corrected chi connectivity index (χ3v) is 2.45. The molecule has 47 valence electrons. The van der Waals surface area contributed by atoms with Crippen LogP contribution in [0.5, 0.6) is 0 Å². The number of alkyl halides is 3. The van der Waals surface area contributed by atoms with Gasteiger partial charge in [0.2, 0.25) is 0 Å². The van der Waals surface area contributed by atoms with Gasteiger partial charge >= 0.3 is 55.4 Å². The number of hydrogen-bond acceptors (Lipinski definition) is 0. The summed E-state index contributed by atoms with van der Waals surface area (Å²) in [6.07, 6.45) is 1.32. The molecule has 1 radical (unpaired) electrons. The summed E-state index contributed by atoms with van der Waals surface area (Å²) in [6.45, 7) is 3.20. The van der Waals surface area contributed by atoms with Crippen molar-refractivity contribution < 1.29 is 13.2 Å². The molecule has 0 aromatic carbocycles. The van der Waals surface area contributed by atoms with Gasteiger partial charge in [0.25, 0.3) is 0 Å². The Hall–Kier alpha value is 0.320. The summed E-state index contributed by atoms with van der Waals surface area (Å²) in [5.41, 5.74) is 0. The van der Waals surface area contributed by atoms with Gasteiger partial charge in [-0.3, -0.25) is 0 Å². The molecule has 0 saturated heterocycles. The maximum absolute atomic E-state index is 11.3. The van der Waals surface area contributed by atoms with Crippen molar-refractivity contribution in [1.82, 2.24) is 0 Å². The van der Waals surface area contributed by atoms with Crippen molar-refractivity contribution >= 4 is 20.9 Å². The zero-order valence-electron chi connectivity index (χ0n) is 4.03. The molecule has 0 aliphatic heterocycles. The number of hydrogen-bond donors (Lipinski definition) is 0. The van der Waals surface area contributed by atoms with Crippen molar-refractivity contribution in [2.24, 2.45) is 0 Å². The molecule has 0 aromatic heterocycles. The Kier molecular flexibility index (Phi) is 3.50.